The van der Waals surface area contributed by atoms with Gasteiger partial charge < -0.3 is 55.7 Å². The predicted molar refractivity (Wildman–Crippen MR) is 432 cm³/mol. The van der Waals surface area contributed by atoms with Crippen LogP contribution in [0.3, 0.4) is 0 Å². The lowest BCUT2D eigenvalue weighted by molar-refractivity contribution is 0.208. The van der Waals surface area contributed by atoms with Crippen LogP contribution < -0.4 is 50.7 Å². The first-order valence-corrected chi connectivity index (χ1v) is 33.9. The van der Waals surface area contributed by atoms with Gasteiger partial charge in [-0.2, -0.15) is 9.98 Å². The highest BCUT2D eigenvalue weighted by molar-refractivity contribution is 5.99. The summed E-state index contributed by atoms with van der Waals surface area (Å²) in [6, 6.07) is 88.5. The van der Waals surface area contributed by atoms with Gasteiger partial charge in [-0.05, 0) is 251 Å². The van der Waals surface area contributed by atoms with Gasteiger partial charge in [0.1, 0.15) is 28.7 Å². The minimum atomic E-state index is -1.08. The van der Waals surface area contributed by atoms with Gasteiger partial charge in [-0.1, -0.05) is 153 Å². The molecule has 0 aliphatic heterocycles. The van der Waals surface area contributed by atoms with Crippen molar-refractivity contribution in [2.75, 3.05) is 27.0 Å². The first kappa shape index (κ1) is 86.3. The highest BCUT2D eigenvalue weighted by atomic mass is 16.5. The van der Waals surface area contributed by atoms with E-state index in [0.29, 0.717) is 62.9 Å². The van der Waals surface area contributed by atoms with Crippen LogP contribution in [0, 0.1) is 57.6 Å². The van der Waals surface area contributed by atoms with E-state index in [1.54, 1.807) is 140 Å². The normalized spacial score (nSPS) is 9.46. The van der Waals surface area contributed by atoms with Gasteiger partial charge >= 0.3 is 18.2 Å². The molecule has 25 heteroatoms. The minimum Gasteiger partial charge on any atom is -0.465 e. The Kier molecular flexibility index (Phi) is 35.7. The van der Waals surface area contributed by atoms with E-state index in [-0.39, 0.29) is 18.9 Å². The van der Waals surface area contributed by atoms with Crippen molar-refractivity contribution in [1.82, 2.24) is 0 Å². The Bertz CT molecular complexity index is 5230. The number of carbonyl (C=O) groups excluding carboxylic acids is 3. The van der Waals surface area contributed by atoms with Crippen LogP contribution >= 0.6 is 0 Å². The van der Waals surface area contributed by atoms with Crippen LogP contribution in [-0.2, 0) is 48.1 Å². The monoisotopic (exact) mass is 1520 g/mol. The third kappa shape index (κ3) is 31.5. The van der Waals surface area contributed by atoms with Crippen LogP contribution in [0.4, 0.5) is 54.2 Å². The molecule has 10 N–H and O–H groups in total. The van der Waals surface area contributed by atoms with E-state index in [2.05, 4.69) is 31.3 Å². The summed E-state index contributed by atoms with van der Waals surface area (Å²) in [5.41, 5.74) is 23.3. The molecule has 4 amide bonds. The molecular formula is C89H74N12O13. The van der Waals surface area contributed by atoms with Gasteiger partial charge in [0.2, 0.25) is 12.2 Å². The molecule has 0 aliphatic carbocycles. The number of isocyanates is 2. The van der Waals surface area contributed by atoms with Crippen molar-refractivity contribution in [3.05, 3.63) is 358 Å². The lowest BCUT2D eigenvalue weighted by Crippen LogP contribution is -2.19. The van der Waals surface area contributed by atoms with E-state index >= 15 is 0 Å². The van der Waals surface area contributed by atoms with Crippen molar-refractivity contribution < 1.29 is 63.3 Å². The Morgan fingerprint density at radius 3 is 0.632 bits per heavy atom. The Labute approximate surface area is 657 Å². The zero-order valence-corrected chi connectivity index (χ0v) is 60.1. The molecule has 0 saturated carbocycles. The second-order valence-corrected chi connectivity index (χ2v) is 24.0. The van der Waals surface area contributed by atoms with Gasteiger partial charge in [-0.3, -0.25) is 10.6 Å². The van der Waals surface area contributed by atoms with Gasteiger partial charge in [-0.25, -0.2) is 24.0 Å². The van der Waals surface area contributed by atoms with E-state index in [9.17, 15) is 24.0 Å². The quantitative estimate of drug-likeness (QED) is 0.0135. The third-order valence-corrected chi connectivity index (χ3v) is 15.9. The number of amides is 4. The number of hydrogen-bond donors (Lipinski definition) is 7. The third-order valence-electron chi connectivity index (χ3n) is 15.9. The molecule has 0 radical (unpaired) electrons. The summed E-state index contributed by atoms with van der Waals surface area (Å²) in [7, 11) is 0. The van der Waals surface area contributed by atoms with Crippen molar-refractivity contribution in [3.63, 3.8) is 0 Å². The van der Waals surface area contributed by atoms with Crippen molar-refractivity contribution in [3.8, 4) is 60.0 Å². The highest BCUT2D eigenvalue weighted by Crippen LogP contribution is 2.25. The number of nitrogen functional groups attached to an aromatic ring is 1. The van der Waals surface area contributed by atoms with Crippen LogP contribution in [0.5, 0.6) is 28.7 Å². The smallest absolute Gasteiger partial charge is 0.409 e. The molecule has 0 fully saturated rings. The summed E-state index contributed by atoms with van der Waals surface area (Å²) in [4.78, 5) is 60.9. The number of aliphatic imine (C=N–C) groups is 2. The highest BCUT2D eigenvalue weighted by Gasteiger charge is 2.09. The predicted octanol–water partition coefficient (Wildman–Crippen LogP) is 18.4. The molecule has 0 spiro atoms. The number of hydrogen-bond acceptors (Lipinski definition) is 18. The van der Waals surface area contributed by atoms with Gasteiger partial charge in [0, 0.05) is 28.4 Å². The van der Waals surface area contributed by atoms with E-state index in [0.717, 1.165) is 99.8 Å². The van der Waals surface area contributed by atoms with E-state index in [1.165, 1.54) is 23.3 Å². The zero-order chi connectivity index (χ0) is 79.5. The van der Waals surface area contributed by atoms with Crippen molar-refractivity contribution >= 4 is 70.2 Å². The van der Waals surface area contributed by atoms with Crippen LogP contribution in [0.1, 0.15) is 74.2 Å². The maximum atomic E-state index is 12.4. The molecular weight excluding hydrogens is 1450 g/mol. The number of nitrogens with two attached hydrogens (primary N) is 1. The number of carboxylic acid groups (broad SMARTS) is 2. The lowest BCUT2D eigenvalue weighted by atomic mass is 10.0. The largest absolute Gasteiger partial charge is 0.465 e. The molecule has 12 aromatic carbocycles. The van der Waals surface area contributed by atoms with Crippen molar-refractivity contribution in [2.24, 2.45) is 9.98 Å². The summed E-state index contributed by atoms with van der Waals surface area (Å²) >= 11 is 0. The second kappa shape index (κ2) is 47.2. The van der Waals surface area contributed by atoms with Crippen LogP contribution in [0.2, 0.25) is 0 Å². The number of ether oxygens (including phenoxy) is 5. The molecule has 114 heavy (non-hydrogen) atoms. The lowest BCUT2D eigenvalue weighted by Gasteiger charge is -2.10. The summed E-state index contributed by atoms with van der Waals surface area (Å²) < 4.78 is 23.6. The molecule has 0 heterocycles. The van der Waals surface area contributed by atoms with Gasteiger partial charge in [0.15, 0.2) is 0 Å². The Balaban J connectivity index is 0.000000228. The fraction of sp³-hybridized carbons (Fsp3) is 0.0787. The Hall–Kier alpha value is -16.6. The molecule has 568 valence electrons. The Morgan fingerprint density at radius 1 is 0.289 bits per heavy atom. The fourth-order valence-corrected chi connectivity index (χ4v) is 10.5. The van der Waals surface area contributed by atoms with Crippen molar-refractivity contribution in [1.29, 1.82) is 26.3 Å². The van der Waals surface area contributed by atoms with Gasteiger partial charge in [0.25, 0.3) is 31.3 Å². The summed E-state index contributed by atoms with van der Waals surface area (Å²) in [6.07, 6.45) is 13.5. The molecule has 0 saturated heterocycles. The number of benzene rings is 12. The standard InChI is InChI=1S/C29H22N4O3.2C15H12N2O3.C15H10N2O2.C14H12N2O.CH4.H2O/c30-19-36-28-15-7-24(8-16-28)18-23-5-13-27(14-6-23)33-29(35)32-26-11-3-22(4-12-26)17-21-1-9-25(10-2-21)31-20-34;2*16-10-20-14-7-3-12(4-8-14)9-11-1-5-13(6-2-11)17-15(18)19;16-10-19-15-7-3-13(4-8-15)9-12-1-5-14(6-2-12)17-11-18;15-10-17-14-7-3-12(4-8-14)9-11-1-5-13(16)6-2-11;;/h1-16H,17-18H2,(H2,32,33,35);2*1-8,17H,9H2,(H,18,19);1-8H,9H2;1-8H,9,16H2;1H4;1H2. The SMILES string of the molecule is C.N#COc1ccc(Cc2ccc(N)cc2)cc1.N#COc1ccc(Cc2ccc(N=C=O)cc2)cc1.N#COc1ccc(Cc2ccc(NC(=O)Nc3ccc(Cc4ccc(N=C=O)cc4)cc3)cc2)cc1.N#COc1ccc(Cc2ccc(NC(=O)O)cc2)cc1.N#COc1ccc(Cc2ccc(NC(=O)O)cc2)cc1.O. The first-order valence-electron chi connectivity index (χ1n) is 33.9. The number of carbonyl (C=O) groups is 3. The fourth-order valence-electron chi connectivity index (χ4n) is 10.5. The van der Waals surface area contributed by atoms with Crippen LogP contribution in [0.15, 0.2) is 301 Å². The summed E-state index contributed by atoms with van der Waals surface area (Å²) in [6.45, 7) is 0. The number of nitrogens with zero attached hydrogens (tertiary/aromatic N) is 7. The average Bonchev–Trinajstić information content (AvgIpc) is 0.589. The molecule has 12 aromatic rings. The van der Waals surface area contributed by atoms with E-state index < -0.39 is 12.2 Å². The molecule has 12 rings (SSSR count). The maximum absolute atomic E-state index is 12.4. The molecule has 0 bridgehead atoms. The molecule has 0 unspecified atom stereocenters. The van der Waals surface area contributed by atoms with Crippen molar-refractivity contribution in [2.45, 2.75) is 46.0 Å². The van der Waals surface area contributed by atoms with E-state index in [1.807, 2.05) is 182 Å². The Morgan fingerprint density at radius 2 is 0.456 bits per heavy atom. The zero-order valence-electron chi connectivity index (χ0n) is 60.1. The van der Waals surface area contributed by atoms with Gasteiger partial charge in [-0.15, -0.1) is 26.3 Å². The number of nitriles is 5. The average molecular weight is 1520 g/mol. The first-order chi connectivity index (χ1) is 54.5. The summed E-state index contributed by atoms with van der Waals surface area (Å²) in [5, 5.41) is 69.5. The van der Waals surface area contributed by atoms with E-state index in [4.69, 9.17) is 65.9 Å². The molecule has 0 atom stereocenters. The summed E-state index contributed by atoms with van der Waals surface area (Å²) in [5.74, 6) is 2.63. The molecule has 25 nitrogen and oxygen atoms in total. The van der Waals surface area contributed by atoms with Gasteiger partial charge in [0.05, 0.1) is 11.4 Å². The number of urea groups is 1. The van der Waals surface area contributed by atoms with Crippen LogP contribution in [-0.4, -0.2) is 46.1 Å². The topological polar surface area (TPSA) is 421 Å². The molecule has 0 aliphatic rings. The minimum absolute atomic E-state index is 0. The van der Waals surface area contributed by atoms with Crippen LogP contribution in [0.25, 0.3) is 0 Å². The number of anilines is 5. The second-order valence-electron chi connectivity index (χ2n) is 24.0. The number of nitrogens with one attached hydrogen (secondary N) is 4. The number of rotatable bonds is 23. The maximum Gasteiger partial charge on any atom is 0.409 e. The molecule has 0 aromatic heterocycles.